The molecule has 0 aromatic carbocycles. The third-order valence-corrected chi connectivity index (χ3v) is 2.59. The summed E-state index contributed by atoms with van der Waals surface area (Å²) in [4.78, 5) is 10.6. The lowest BCUT2D eigenvalue weighted by molar-refractivity contribution is 0.177. The molecule has 0 aromatic rings. The number of amides is 1. The maximum Gasteiger partial charge on any atom is 0.421 e. The SMILES string of the molecule is COC(=O)NS(=O)(=O)NCC(C)C(N)=NO. The second kappa shape index (κ2) is 6.12. The van der Waals surface area contributed by atoms with Gasteiger partial charge in [-0.3, -0.25) is 0 Å². The van der Waals surface area contributed by atoms with E-state index in [9.17, 15) is 13.2 Å². The van der Waals surface area contributed by atoms with Gasteiger partial charge in [-0.05, 0) is 0 Å². The topological polar surface area (TPSA) is 143 Å². The van der Waals surface area contributed by atoms with Crippen LogP contribution < -0.4 is 15.2 Å². The van der Waals surface area contributed by atoms with Crippen molar-refractivity contribution in [3.8, 4) is 0 Å². The fourth-order valence-corrected chi connectivity index (χ4v) is 1.47. The van der Waals surface area contributed by atoms with Gasteiger partial charge in [-0.25, -0.2) is 9.52 Å². The van der Waals surface area contributed by atoms with E-state index in [0.717, 1.165) is 7.11 Å². The highest BCUT2D eigenvalue weighted by molar-refractivity contribution is 7.88. The van der Waals surface area contributed by atoms with Crippen molar-refractivity contribution in [3.05, 3.63) is 0 Å². The van der Waals surface area contributed by atoms with Crippen LogP contribution in [0.25, 0.3) is 0 Å². The number of nitrogens with two attached hydrogens (primary N) is 1. The molecular formula is C6H14N4O5S. The molecule has 0 heterocycles. The van der Waals surface area contributed by atoms with Gasteiger partial charge in [0.25, 0.3) is 0 Å². The first-order valence-corrected chi connectivity index (χ1v) is 5.63. The number of nitrogens with zero attached hydrogens (tertiary/aromatic N) is 1. The Bertz CT molecular complexity index is 365. The van der Waals surface area contributed by atoms with Crippen molar-refractivity contribution in [2.24, 2.45) is 16.8 Å². The van der Waals surface area contributed by atoms with E-state index in [0.29, 0.717) is 0 Å². The maximum atomic E-state index is 11.1. The van der Waals surface area contributed by atoms with Gasteiger partial charge in [-0.2, -0.15) is 13.1 Å². The van der Waals surface area contributed by atoms with Crippen LogP contribution in [-0.2, 0) is 14.9 Å². The molecule has 0 aliphatic rings. The molecule has 9 nitrogen and oxygen atoms in total. The molecule has 0 radical (unpaired) electrons. The summed E-state index contributed by atoms with van der Waals surface area (Å²) in [7, 11) is -2.96. The zero-order valence-electron chi connectivity index (χ0n) is 8.80. The number of rotatable bonds is 5. The summed E-state index contributed by atoms with van der Waals surface area (Å²) in [6, 6.07) is 0. The van der Waals surface area contributed by atoms with Gasteiger partial charge in [-0.15, -0.1) is 0 Å². The van der Waals surface area contributed by atoms with Crippen LogP contribution in [0.4, 0.5) is 4.79 Å². The Balaban J connectivity index is 4.25. The van der Waals surface area contributed by atoms with Gasteiger partial charge >= 0.3 is 16.3 Å². The van der Waals surface area contributed by atoms with Crippen LogP contribution >= 0.6 is 0 Å². The Hall–Kier alpha value is -1.55. The molecule has 1 amide bonds. The zero-order valence-corrected chi connectivity index (χ0v) is 9.61. The molecule has 0 aromatic heterocycles. The molecule has 10 heteroatoms. The van der Waals surface area contributed by atoms with E-state index in [1.165, 1.54) is 6.92 Å². The molecule has 5 N–H and O–H groups in total. The monoisotopic (exact) mass is 254 g/mol. The normalized spacial score (nSPS) is 14.2. The van der Waals surface area contributed by atoms with Crippen LogP contribution in [0.2, 0.25) is 0 Å². The van der Waals surface area contributed by atoms with E-state index in [1.807, 2.05) is 4.72 Å². The molecule has 0 saturated carbocycles. The smallest absolute Gasteiger partial charge is 0.421 e. The molecule has 0 bridgehead atoms. The zero-order chi connectivity index (χ0) is 12.8. The van der Waals surface area contributed by atoms with Crippen LogP contribution in [0.15, 0.2) is 5.16 Å². The number of carbonyl (C=O) groups is 1. The average molecular weight is 254 g/mol. The first-order chi connectivity index (χ1) is 7.32. The van der Waals surface area contributed by atoms with E-state index in [-0.39, 0.29) is 12.4 Å². The summed E-state index contributed by atoms with van der Waals surface area (Å²) in [5.74, 6) is -0.639. The molecule has 94 valence electrons. The summed E-state index contributed by atoms with van der Waals surface area (Å²) in [6.45, 7) is 1.41. The predicted molar refractivity (Wildman–Crippen MR) is 55.0 cm³/mol. The Morgan fingerprint density at radius 2 is 2.19 bits per heavy atom. The number of ether oxygens (including phenoxy) is 1. The lowest BCUT2D eigenvalue weighted by atomic mass is 10.2. The molecule has 0 rings (SSSR count). The number of methoxy groups -OCH3 is 1. The molecule has 0 aliphatic heterocycles. The standard InChI is InChI=1S/C6H14N4O5S/c1-4(5(7)9-12)3-8-16(13,14)10-6(11)15-2/h4,8,12H,3H2,1-2H3,(H2,7,9)(H,10,11). The van der Waals surface area contributed by atoms with Crippen molar-refractivity contribution in [2.45, 2.75) is 6.92 Å². The predicted octanol–water partition coefficient (Wildman–Crippen LogP) is -1.44. The van der Waals surface area contributed by atoms with E-state index >= 15 is 0 Å². The summed E-state index contributed by atoms with van der Waals surface area (Å²) in [5, 5.41) is 11.0. The van der Waals surface area contributed by atoms with Gasteiger partial charge in [-0.1, -0.05) is 12.1 Å². The summed E-state index contributed by atoms with van der Waals surface area (Å²) in [5.41, 5.74) is 5.23. The van der Waals surface area contributed by atoms with Crippen molar-refractivity contribution in [1.82, 2.24) is 9.44 Å². The molecule has 16 heavy (non-hydrogen) atoms. The average Bonchev–Trinajstić information content (AvgIpc) is 2.24. The van der Waals surface area contributed by atoms with E-state index in [4.69, 9.17) is 10.9 Å². The fourth-order valence-electron chi connectivity index (χ4n) is 0.625. The molecule has 0 aliphatic carbocycles. The maximum absolute atomic E-state index is 11.1. The van der Waals surface area contributed by atoms with Crippen molar-refractivity contribution in [1.29, 1.82) is 0 Å². The van der Waals surface area contributed by atoms with E-state index in [2.05, 4.69) is 9.89 Å². The molecule has 1 unspecified atom stereocenters. The van der Waals surface area contributed by atoms with Gasteiger partial charge in [0.2, 0.25) is 0 Å². The summed E-state index contributed by atoms with van der Waals surface area (Å²) < 4.78 is 30.0. The lowest BCUT2D eigenvalue weighted by Crippen LogP contribution is -2.43. The van der Waals surface area contributed by atoms with Crippen molar-refractivity contribution >= 4 is 22.1 Å². The number of carbonyl (C=O) groups excluding carboxylic acids is 1. The number of hydrogen-bond acceptors (Lipinski definition) is 6. The Morgan fingerprint density at radius 1 is 1.62 bits per heavy atom. The second-order valence-corrected chi connectivity index (χ2v) is 4.37. The Kier molecular flexibility index (Phi) is 5.53. The number of hydrogen-bond donors (Lipinski definition) is 4. The van der Waals surface area contributed by atoms with Gasteiger partial charge in [0.1, 0.15) is 5.84 Å². The highest BCUT2D eigenvalue weighted by atomic mass is 32.2. The molecule has 1 atom stereocenters. The summed E-state index contributed by atoms with van der Waals surface area (Å²) in [6.07, 6.45) is -1.11. The molecule has 0 saturated heterocycles. The second-order valence-electron chi connectivity index (χ2n) is 2.87. The minimum absolute atomic E-state index is 0.123. The number of oxime groups is 1. The fraction of sp³-hybridized carbons (Fsp3) is 0.667. The minimum atomic E-state index is -4.00. The van der Waals surface area contributed by atoms with Crippen LogP contribution in [0.5, 0.6) is 0 Å². The van der Waals surface area contributed by atoms with E-state index < -0.39 is 22.2 Å². The molecular weight excluding hydrogens is 240 g/mol. The van der Waals surface area contributed by atoms with Crippen LogP contribution in [0, 0.1) is 5.92 Å². The Labute approximate surface area is 92.8 Å². The quantitative estimate of drug-likeness (QED) is 0.205. The molecule has 0 spiro atoms. The van der Waals surface area contributed by atoms with Crippen LogP contribution in [0.1, 0.15) is 6.92 Å². The minimum Gasteiger partial charge on any atom is -0.452 e. The van der Waals surface area contributed by atoms with Crippen molar-refractivity contribution in [2.75, 3.05) is 13.7 Å². The van der Waals surface area contributed by atoms with Gasteiger partial charge in [0, 0.05) is 12.5 Å². The van der Waals surface area contributed by atoms with E-state index in [1.54, 1.807) is 4.72 Å². The Morgan fingerprint density at radius 3 is 2.62 bits per heavy atom. The third kappa shape index (κ3) is 5.36. The first-order valence-electron chi connectivity index (χ1n) is 4.15. The largest absolute Gasteiger partial charge is 0.452 e. The van der Waals surface area contributed by atoms with Crippen LogP contribution in [0.3, 0.4) is 0 Å². The van der Waals surface area contributed by atoms with Crippen molar-refractivity contribution in [3.63, 3.8) is 0 Å². The molecule has 0 fully saturated rings. The first kappa shape index (κ1) is 14.5. The highest BCUT2D eigenvalue weighted by Gasteiger charge is 2.16. The lowest BCUT2D eigenvalue weighted by Gasteiger charge is -2.11. The van der Waals surface area contributed by atoms with Gasteiger partial charge in [0.15, 0.2) is 0 Å². The van der Waals surface area contributed by atoms with Gasteiger partial charge in [0.05, 0.1) is 7.11 Å². The number of amidine groups is 1. The third-order valence-electron chi connectivity index (χ3n) is 1.60. The number of nitrogens with one attached hydrogen (secondary N) is 2. The van der Waals surface area contributed by atoms with Crippen LogP contribution in [-0.4, -0.2) is 39.2 Å². The highest BCUT2D eigenvalue weighted by Crippen LogP contribution is 1.93. The van der Waals surface area contributed by atoms with Crippen molar-refractivity contribution < 1.29 is 23.2 Å². The summed E-state index contributed by atoms with van der Waals surface area (Å²) >= 11 is 0. The van der Waals surface area contributed by atoms with Gasteiger partial charge < -0.3 is 15.7 Å².